The van der Waals surface area contributed by atoms with E-state index in [0.717, 1.165) is 35.5 Å². The molecule has 0 aliphatic carbocycles. The molecule has 0 saturated heterocycles. The third-order valence-corrected chi connectivity index (χ3v) is 4.29. The van der Waals surface area contributed by atoms with Gasteiger partial charge in [-0.05, 0) is 49.4 Å². The largest absolute Gasteiger partial charge is 0.326 e. The number of nitrogens with zero attached hydrogens (tertiary/aromatic N) is 3. The van der Waals surface area contributed by atoms with Gasteiger partial charge in [0, 0.05) is 60.4 Å². The van der Waals surface area contributed by atoms with E-state index < -0.39 is 0 Å². The van der Waals surface area contributed by atoms with Gasteiger partial charge in [-0.2, -0.15) is 5.10 Å². The molecule has 1 aromatic carbocycles. The van der Waals surface area contributed by atoms with Crippen LogP contribution in [0.3, 0.4) is 0 Å². The molecule has 0 spiro atoms. The molecule has 3 aromatic rings. The molecule has 0 fully saturated rings. The first-order chi connectivity index (χ1) is 13.1. The average molecular weight is 384 g/mol. The van der Waals surface area contributed by atoms with Crippen molar-refractivity contribution in [3.8, 4) is 11.3 Å². The van der Waals surface area contributed by atoms with Crippen molar-refractivity contribution in [2.24, 2.45) is 7.05 Å². The lowest BCUT2D eigenvalue weighted by Crippen LogP contribution is -2.18. The molecule has 6 nitrogen and oxygen atoms in total. The summed E-state index contributed by atoms with van der Waals surface area (Å²) in [6.07, 6.45) is 6.77. The number of benzene rings is 1. The first-order valence-corrected chi connectivity index (χ1v) is 9.18. The first kappa shape index (κ1) is 19.1. The molecule has 2 heterocycles. The van der Waals surface area contributed by atoms with E-state index in [4.69, 9.17) is 11.6 Å². The van der Waals surface area contributed by atoms with Crippen LogP contribution in [-0.2, 0) is 18.4 Å². The smallest absolute Gasteiger partial charge is 0.224 e. The number of carbonyl (C=O) groups is 1. The van der Waals surface area contributed by atoms with Crippen molar-refractivity contribution < 1.29 is 4.79 Å². The maximum atomic E-state index is 12.0. The van der Waals surface area contributed by atoms with E-state index in [0.29, 0.717) is 18.0 Å². The zero-order valence-electron chi connectivity index (χ0n) is 15.2. The Morgan fingerprint density at radius 1 is 1.22 bits per heavy atom. The predicted octanol–water partition coefficient (Wildman–Crippen LogP) is 3.64. The first-order valence-electron chi connectivity index (χ1n) is 8.81. The minimum absolute atomic E-state index is 0.00320. The Balaban J connectivity index is 1.43. The minimum atomic E-state index is -0.00320. The molecule has 3 rings (SSSR count). The van der Waals surface area contributed by atoms with Crippen LogP contribution in [0.2, 0.25) is 5.02 Å². The highest BCUT2D eigenvalue weighted by molar-refractivity contribution is 6.30. The van der Waals surface area contributed by atoms with Gasteiger partial charge in [0.25, 0.3) is 0 Å². The molecular formula is C20H22ClN5O. The van der Waals surface area contributed by atoms with Gasteiger partial charge in [-0.1, -0.05) is 11.6 Å². The number of nitrogens with one attached hydrogen (secondary N) is 2. The number of amides is 1. The van der Waals surface area contributed by atoms with Gasteiger partial charge in [-0.15, -0.1) is 0 Å². The number of aromatic nitrogens is 3. The molecule has 0 unspecified atom stereocenters. The third kappa shape index (κ3) is 5.64. The van der Waals surface area contributed by atoms with E-state index in [-0.39, 0.29) is 5.91 Å². The lowest BCUT2D eigenvalue weighted by molar-refractivity contribution is -0.116. The molecule has 2 N–H and O–H groups in total. The van der Waals surface area contributed by atoms with E-state index in [1.54, 1.807) is 35.1 Å². The topological polar surface area (TPSA) is 71.8 Å². The number of rotatable bonds is 8. The van der Waals surface area contributed by atoms with Gasteiger partial charge in [0.2, 0.25) is 5.91 Å². The molecular weight excluding hydrogens is 362 g/mol. The lowest BCUT2D eigenvalue weighted by Gasteiger charge is -2.07. The molecule has 0 aliphatic rings. The number of hydrogen-bond donors (Lipinski definition) is 2. The summed E-state index contributed by atoms with van der Waals surface area (Å²) in [6.45, 7) is 1.44. The van der Waals surface area contributed by atoms with Crippen molar-refractivity contribution in [3.05, 3.63) is 65.6 Å². The second-order valence-electron chi connectivity index (χ2n) is 6.25. The van der Waals surface area contributed by atoms with Crippen molar-refractivity contribution in [3.63, 3.8) is 0 Å². The van der Waals surface area contributed by atoms with Crippen LogP contribution >= 0.6 is 11.6 Å². The van der Waals surface area contributed by atoms with Crippen molar-refractivity contribution in [2.45, 2.75) is 19.4 Å². The Hall–Kier alpha value is -2.70. The molecule has 0 aliphatic heterocycles. The van der Waals surface area contributed by atoms with E-state index in [1.807, 2.05) is 31.6 Å². The Labute approximate surface area is 163 Å². The SMILES string of the molecule is Cn1cc(CNCCCC(=O)Nc2ccc(Cl)cc2)c(-c2cccnc2)n1. The summed E-state index contributed by atoms with van der Waals surface area (Å²) in [5, 5.41) is 11.4. The number of halogens is 1. The Morgan fingerprint density at radius 2 is 2.04 bits per heavy atom. The van der Waals surface area contributed by atoms with Gasteiger partial charge < -0.3 is 10.6 Å². The van der Waals surface area contributed by atoms with Crippen molar-refractivity contribution in [2.75, 3.05) is 11.9 Å². The molecule has 0 radical (unpaired) electrons. The van der Waals surface area contributed by atoms with Crippen LogP contribution in [0.15, 0.2) is 55.0 Å². The predicted molar refractivity (Wildman–Crippen MR) is 107 cm³/mol. The number of pyridine rings is 1. The highest BCUT2D eigenvalue weighted by atomic mass is 35.5. The molecule has 0 atom stereocenters. The second-order valence-corrected chi connectivity index (χ2v) is 6.69. The van der Waals surface area contributed by atoms with Crippen LogP contribution in [0, 0.1) is 0 Å². The summed E-state index contributed by atoms with van der Waals surface area (Å²) in [6, 6.07) is 11.0. The van der Waals surface area contributed by atoms with Crippen LogP contribution < -0.4 is 10.6 Å². The molecule has 1 amide bonds. The Morgan fingerprint density at radius 3 is 2.78 bits per heavy atom. The minimum Gasteiger partial charge on any atom is -0.326 e. The molecule has 7 heteroatoms. The number of aryl methyl sites for hydroxylation is 1. The highest BCUT2D eigenvalue weighted by Gasteiger charge is 2.10. The van der Waals surface area contributed by atoms with E-state index in [9.17, 15) is 4.79 Å². The van der Waals surface area contributed by atoms with E-state index >= 15 is 0 Å². The number of hydrogen-bond acceptors (Lipinski definition) is 4. The van der Waals surface area contributed by atoms with Gasteiger partial charge >= 0.3 is 0 Å². The fraction of sp³-hybridized carbons (Fsp3) is 0.250. The lowest BCUT2D eigenvalue weighted by atomic mass is 10.1. The fourth-order valence-corrected chi connectivity index (χ4v) is 2.89. The van der Waals surface area contributed by atoms with Gasteiger partial charge in [0.1, 0.15) is 0 Å². The fourth-order valence-electron chi connectivity index (χ4n) is 2.77. The summed E-state index contributed by atoms with van der Waals surface area (Å²) in [5.74, 6) is -0.00320. The monoisotopic (exact) mass is 383 g/mol. The van der Waals surface area contributed by atoms with Gasteiger partial charge in [-0.3, -0.25) is 14.5 Å². The molecule has 0 saturated carbocycles. The van der Waals surface area contributed by atoms with E-state index in [2.05, 4.69) is 20.7 Å². The quantitative estimate of drug-likeness (QED) is 0.582. The van der Waals surface area contributed by atoms with Crippen molar-refractivity contribution in [1.29, 1.82) is 0 Å². The molecule has 27 heavy (non-hydrogen) atoms. The van der Waals surface area contributed by atoms with Crippen molar-refractivity contribution >= 4 is 23.2 Å². The zero-order valence-corrected chi connectivity index (χ0v) is 15.9. The van der Waals surface area contributed by atoms with Crippen LogP contribution in [-0.4, -0.2) is 27.2 Å². The maximum Gasteiger partial charge on any atom is 0.224 e. The summed E-state index contributed by atoms with van der Waals surface area (Å²) < 4.78 is 1.80. The van der Waals surface area contributed by atoms with Crippen LogP contribution in [0.25, 0.3) is 11.3 Å². The standard InChI is InChI=1S/C20H22ClN5O/c1-26-14-16(20(25-26)15-4-2-10-22-12-15)13-23-11-3-5-19(27)24-18-8-6-17(21)7-9-18/h2,4,6-10,12,14,23H,3,5,11,13H2,1H3,(H,24,27). The molecule has 140 valence electrons. The molecule has 2 aromatic heterocycles. The third-order valence-electron chi connectivity index (χ3n) is 4.04. The summed E-state index contributed by atoms with van der Waals surface area (Å²) in [7, 11) is 1.91. The summed E-state index contributed by atoms with van der Waals surface area (Å²) in [4.78, 5) is 16.1. The Kier molecular flexibility index (Phi) is 6.57. The van der Waals surface area contributed by atoms with Gasteiger partial charge in [-0.25, -0.2) is 0 Å². The number of carbonyl (C=O) groups excluding carboxylic acids is 1. The van der Waals surface area contributed by atoms with Gasteiger partial charge in [0.15, 0.2) is 0 Å². The van der Waals surface area contributed by atoms with Crippen LogP contribution in [0.1, 0.15) is 18.4 Å². The maximum absolute atomic E-state index is 12.0. The zero-order chi connectivity index (χ0) is 19.1. The Bertz CT molecular complexity index is 877. The second kappa shape index (κ2) is 9.30. The van der Waals surface area contributed by atoms with Gasteiger partial charge in [0.05, 0.1) is 5.69 Å². The number of anilines is 1. The molecule has 0 bridgehead atoms. The normalized spacial score (nSPS) is 10.7. The van der Waals surface area contributed by atoms with E-state index in [1.165, 1.54) is 0 Å². The average Bonchev–Trinajstić information content (AvgIpc) is 3.05. The van der Waals surface area contributed by atoms with Crippen LogP contribution in [0.5, 0.6) is 0 Å². The summed E-state index contributed by atoms with van der Waals surface area (Å²) >= 11 is 5.84. The summed E-state index contributed by atoms with van der Waals surface area (Å²) in [5.41, 5.74) is 3.79. The van der Waals surface area contributed by atoms with Crippen molar-refractivity contribution in [1.82, 2.24) is 20.1 Å². The highest BCUT2D eigenvalue weighted by Crippen LogP contribution is 2.20. The van der Waals surface area contributed by atoms with Crippen LogP contribution in [0.4, 0.5) is 5.69 Å².